The van der Waals surface area contributed by atoms with E-state index in [9.17, 15) is 8.78 Å². The highest BCUT2D eigenvalue weighted by Crippen LogP contribution is 2.31. The van der Waals surface area contributed by atoms with Gasteiger partial charge in [0.05, 0.1) is 0 Å². The van der Waals surface area contributed by atoms with Crippen LogP contribution in [-0.2, 0) is 6.42 Å². The van der Waals surface area contributed by atoms with E-state index in [0.29, 0.717) is 11.1 Å². The van der Waals surface area contributed by atoms with Gasteiger partial charge >= 0.3 is 0 Å². The predicted octanol–water partition coefficient (Wildman–Crippen LogP) is 6.97. The lowest BCUT2D eigenvalue weighted by Crippen LogP contribution is -1.94. The van der Waals surface area contributed by atoms with E-state index in [1.54, 1.807) is 24.3 Å². The van der Waals surface area contributed by atoms with Crippen LogP contribution in [0.1, 0.15) is 18.6 Å². The van der Waals surface area contributed by atoms with Crippen LogP contribution >= 0.6 is 0 Å². The standard InChI is InChI=1S/C22H18F2.CH4/c1-3-4-16-7-11-18(12-8-16)20-14-13-19(21(23)22(20)24)17-9-5-15(2)6-10-17;/h3,5-14H,1,4H2,2H3;1H4. The maximum atomic E-state index is 14.6. The molecule has 0 atom stereocenters. The van der Waals surface area contributed by atoms with Gasteiger partial charge in [0.25, 0.3) is 0 Å². The number of hydrogen-bond acceptors (Lipinski definition) is 0. The third-order valence-electron chi connectivity index (χ3n) is 4.09. The van der Waals surface area contributed by atoms with Crippen molar-refractivity contribution in [3.8, 4) is 22.3 Å². The van der Waals surface area contributed by atoms with Crippen molar-refractivity contribution in [2.45, 2.75) is 20.8 Å². The fraction of sp³-hybridized carbons (Fsp3) is 0.130. The minimum atomic E-state index is -0.815. The van der Waals surface area contributed by atoms with Crippen LogP contribution in [0, 0.1) is 18.6 Å². The summed E-state index contributed by atoms with van der Waals surface area (Å²) in [5.74, 6) is -1.63. The van der Waals surface area contributed by atoms with Crippen LogP contribution in [0.25, 0.3) is 22.3 Å². The number of aryl methyl sites for hydroxylation is 1. The Bertz CT molecular complexity index is 860. The lowest BCUT2D eigenvalue weighted by molar-refractivity contribution is 0.514. The van der Waals surface area contributed by atoms with Crippen molar-refractivity contribution >= 4 is 0 Å². The van der Waals surface area contributed by atoms with E-state index in [0.717, 1.165) is 17.5 Å². The zero-order valence-corrected chi connectivity index (χ0v) is 13.5. The summed E-state index contributed by atoms with van der Waals surface area (Å²) >= 11 is 0. The summed E-state index contributed by atoms with van der Waals surface area (Å²) in [5, 5.41) is 0. The first-order valence-corrected chi connectivity index (χ1v) is 7.85. The van der Waals surface area contributed by atoms with Gasteiger partial charge in [0.15, 0.2) is 11.6 Å². The van der Waals surface area contributed by atoms with Crippen LogP contribution in [0.2, 0.25) is 0 Å². The molecule has 0 unspecified atom stereocenters. The smallest absolute Gasteiger partial charge is 0.167 e. The van der Waals surface area contributed by atoms with Crippen molar-refractivity contribution < 1.29 is 8.78 Å². The number of hydrogen-bond donors (Lipinski definition) is 0. The maximum Gasteiger partial charge on any atom is 0.167 e. The second-order valence-corrected chi connectivity index (χ2v) is 5.84. The molecule has 0 spiro atoms. The van der Waals surface area contributed by atoms with Crippen LogP contribution < -0.4 is 0 Å². The third kappa shape index (κ3) is 3.85. The molecular weight excluding hydrogens is 314 g/mol. The third-order valence-corrected chi connectivity index (χ3v) is 4.09. The van der Waals surface area contributed by atoms with E-state index in [2.05, 4.69) is 6.58 Å². The Balaban J connectivity index is 0.00000225. The number of halogens is 2. The first-order valence-electron chi connectivity index (χ1n) is 7.85. The van der Waals surface area contributed by atoms with Gasteiger partial charge in [-0.1, -0.05) is 79.7 Å². The normalized spacial score (nSPS) is 10.2. The summed E-state index contributed by atoms with van der Waals surface area (Å²) in [5.41, 5.74) is 4.05. The Morgan fingerprint density at radius 3 is 1.64 bits per heavy atom. The Morgan fingerprint density at radius 1 is 0.760 bits per heavy atom. The fourth-order valence-corrected chi connectivity index (χ4v) is 2.72. The van der Waals surface area contributed by atoms with Gasteiger partial charge in [0.1, 0.15) is 0 Å². The quantitative estimate of drug-likeness (QED) is 0.451. The molecule has 0 aliphatic carbocycles. The molecule has 3 aromatic carbocycles. The Morgan fingerprint density at radius 2 is 1.20 bits per heavy atom. The number of allylic oxidation sites excluding steroid dienone is 1. The van der Waals surface area contributed by atoms with Crippen molar-refractivity contribution in [3.05, 3.63) is 96.1 Å². The van der Waals surface area contributed by atoms with Gasteiger partial charge in [-0.15, -0.1) is 6.58 Å². The van der Waals surface area contributed by atoms with Crippen LogP contribution in [0.15, 0.2) is 73.3 Å². The van der Waals surface area contributed by atoms with Gasteiger partial charge in [-0.25, -0.2) is 8.78 Å². The van der Waals surface area contributed by atoms with Gasteiger partial charge in [-0.3, -0.25) is 0 Å². The van der Waals surface area contributed by atoms with E-state index in [1.165, 1.54) is 0 Å². The SMILES string of the molecule is C.C=CCc1ccc(-c2ccc(-c3ccc(C)cc3)c(F)c2F)cc1. The first-order chi connectivity index (χ1) is 11.6. The molecule has 0 nitrogen and oxygen atoms in total. The minimum Gasteiger partial charge on any atom is -0.203 e. The summed E-state index contributed by atoms with van der Waals surface area (Å²) in [6.45, 7) is 5.65. The molecule has 0 radical (unpaired) electrons. The Hall–Kier alpha value is -2.74. The molecule has 0 bridgehead atoms. The zero-order chi connectivity index (χ0) is 17.1. The van der Waals surface area contributed by atoms with Gasteiger partial charge in [-0.2, -0.15) is 0 Å². The van der Waals surface area contributed by atoms with Gasteiger partial charge in [0.2, 0.25) is 0 Å². The van der Waals surface area contributed by atoms with E-state index in [4.69, 9.17) is 0 Å². The molecular formula is C23H22F2. The molecule has 0 aromatic heterocycles. The van der Waals surface area contributed by atoms with E-state index in [1.807, 2.05) is 49.4 Å². The molecule has 0 fully saturated rings. The molecule has 0 saturated carbocycles. The molecule has 0 saturated heterocycles. The van der Waals surface area contributed by atoms with Gasteiger partial charge < -0.3 is 0 Å². The minimum absolute atomic E-state index is 0. The second-order valence-electron chi connectivity index (χ2n) is 5.84. The molecule has 0 aliphatic heterocycles. The predicted molar refractivity (Wildman–Crippen MR) is 103 cm³/mol. The van der Waals surface area contributed by atoms with E-state index < -0.39 is 11.6 Å². The summed E-state index contributed by atoms with van der Waals surface area (Å²) in [7, 11) is 0. The molecule has 0 heterocycles. The maximum absolute atomic E-state index is 14.6. The van der Waals surface area contributed by atoms with Crippen LogP contribution in [-0.4, -0.2) is 0 Å². The molecule has 0 amide bonds. The highest BCUT2D eigenvalue weighted by Gasteiger charge is 2.15. The largest absolute Gasteiger partial charge is 0.203 e. The summed E-state index contributed by atoms with van der Waals surface area (Å²) in [6, 6.07) is 18.1. The Kier molecular flexibility index (Phi) is 5.87. The van der Waals surface area contributed by atoms with Crippen LogP contribution in [0.5, 0.6) is 0 Å². The first kappa shape index (κ1) is 18.6. The highest BCUT2D eigenvalue weighted by atomic mass is 19.2. The highest BCUT2D eigenvalue weighted by molar-refractivity contribution is 5.72. The van der Waals surface area contributed by atoms with Crippen LogP contribution in [0.4, 0.5) is 8.78 Å². The topological polar surface area (TPSA) is 0 Å². The average Bonchev–Trinajstić information content (AvgIpc) is 2.59. The van der Waals surface area contributed by atoms with Crippen molar-refractivity contribution in [2.75, 3.05) is 0 Å². The lowest BCUT2D eigenvalue weighted by atomic mass is 9.97. The monoisotopic (exact) mass is 336 g/mol. The number of rotatable bonds is 4. The van der Waals surface area contributed by atoms with E-state index in [-0.39, 0.29) is 18.6 Å². The van der Waals surface area contributed by atoms with Gasteiger partial charge in [0, 0.05) is 11.1 Å². The fourth-order valence-electron chi connectivity index (χ4n) is 2.72. The number of benzene rings is 3. The molecule has 128 valence electrons. The zero-order valence-electron chi connectivity index (χ0n) is 13.5. The van der Waals surface area contributed by atoms with Crippen molar-refractivity contribution in [2.24, 2.45) is 0 Å². The lowest BCUT2D eigenvalue weighted by Gasteiger charge is -2.10. The summed E-state index contributed by atoms with van der Waals surface area (Å²) in [6.07, 6.45) is 2.56. The van der Waals surface area contributed by atoms with Crippen molar-refractivity contribution in [3.63, 3.8) is 0 Å². The molecule has 3 aromatic rings. The second kappa shape index (κ2) is 7.89. The van der Waals surface area contributed by atoms with E-state index >= 15 is 0 Å². The van der Waals surface area contributed by atoms with Crippen molar-refractivity contribution in [1.29, 1.82) is 0 Å². The molecule has 2 heteroatoms. The summed E-state index contributed by atoms with van der Waals surface area (Å²) < 4.78 is 29.1. The summed E-state index contributed by atoms with van der Waals surface area (Å²) in [4.78, 5) is 0. The Labute approximate surface area is 148 Å². The van der Waals surface area contributed by atoms with Crippen LogP contribution in [0.3, 0.4) is 0 Å². The average molecular weight is 336 g/mol. The van der Waals surface area contributed by atoms with Gasteiger partial charge in [-0.05, 0) is 30.0 Å². The molecule has 25 heavy (non-hydrogen) atoms. The molecule has 3 rings (SSSR count). The van der Waals surface area contributed by atoms with Crippen molar-refractivity contribution in [1.82, 2.24) is 0 Å². The molecule has 0 aliphatic rings. The molecule has 0 N–H and O–H groups in total.